The average Bonchev–Trinajstić information content (AvgIpc) is 2.89. The molecule has 0 saturated heterocycles. The highest BCUT2D eigenvalue weighted by molar-refractivity contribution is 7.09. The van der Waals surface area contributed by atoms with Gasteiger partial charge in [0, 0.05) is 11.4 Å². The maximum atomic E-state index is 9.78. The summed E-state index contributed by atoms with van der Waals surface area (Å²) in [5.74, 6) is 0.332. The van der Waals surface area contributed by atoms with Gasteiger partial charge in [-0.3, -0.25) is 0 Å². The molecule has 1 aromatic carbocycles. The first kappa shape index (κ1) is 14.1. The molecule has 2 rings (SSSR count). The van der Waals surface area contributed by atoms with Crippen molar-refractivity contribution in [2.45, 2.75) is 26.4 Å². The van der Waals surface area contributed by atoms with Gasteiger partial charge in [0.15, 0.2) is 0 Å². The third-order valence-corrected chi connectivity index (χ3v) is 4.08. The van der Waals surface area contributed by atoms with Gasteiger partial charge < -0.3 is 15.5 Å². The first-order valence-corrected chi connectivity index (χ1v) is 7.16. The van der Waals surface area contributed by atoms with Crippen LogP contribution in [0.2, 0.25) is 0 Å². The first-order chi connectivity index (χ1) is 9.11. The number of rotatable bonds is 5. The Morgan fingerprint density at radius 3 is 2.47 bits per heavy atom. The van der Waals surface area contributed by atoms with Gasteiger partial charge in [-0.25, -0.2) is 0 Å². The van der Waals surface area contributed by atoms with Crippen LogP contribution in [0.4, 0.5) is 0 Å². The number of hydrogen-bond donors (Lipinski definition) is 3. The standard InChI is InChI=1S/C15H19NO2S/c1-10-6-12(7-11(2)15(10)18)14(9-17)16-8-13-4-3-5-19-13/h3-7,14,16-18H,8-9H2,1-2H3. The van der Waals surface area contributed by atoms with Gasteiger partial charge in [0.25, 0.3) is 0 Å². The lowest BCUT2D eigenvalue weighted by Gasteiger charge is -2.18. The molecule has 0 spiro atoms. The van der Waals surface area contributed by atoms with Crippen molar-refractivity contribution in [1.29, 1.82) is 0 Å². The fraction of sp³-hybridized carbons (Fsp3) is 0.333. The second-order valence-corrected chi connectivity index (χ2v) is 5.73. The normalized spacial score (nSPS) is 12.6. The van der Waals surface area contributed by atoms with Crippen LogP contribution in [0, 0.1) is 13.8 Å². The van der Waals surface area contributed by atoms with Gasteiger partial charge in [0.1, 0.15) is 5.75 Å². The molecule has 0 amide bonds. The van der Waals surface area contributed by atoms with Crippen LogP contribution in [0.5, 0.6) is 5.75 Å². The molecular weight excluding hydrogens is 258 g/mol. The van der Waals surface area contributed by atoms with Crippen molar-refractivity contribution in [3.05, 3.63) is 51.2 Å². The minimum atomic E-state index is -0.111. The van der Waals surface area contributed by atoms with Gasteiger partial charge in [-0.2, -0.15) is 0 Å². The predicted molar refractivity (Wildman–Crippen MR) is 78.6 cm³/mol. The quantitative estimate of drug-likeness (QED) is 0.787. The van der Waals surface area contributed by atoms with Crippen LogP contribution in [0.25, 0.3) is 0 Å². The summed E-state index contributed by atoms with van der Waals surface area (Å²) in [6.45, 7) is 4.52. The third kappa shape index (κ3) is 3.35. The van der Waals surface area contributed by atoms with E-state index in [0.717, 1.165) is 23.2 Å². The molecule has 19 heavy (non-hydrogen) atoms. The second-order valence-electron chi connectivity index (χ2n) is 4.70. The monoisotopic (exact) mass is 277 g/mol. The van der Waals surface area contributed by atoms with E-state index in [1.165, 1.54) is 4.88 Å². The van der Waals surface area contributed by atoms with Gasteiger partial charge in [0.2, 0.25) is 0 Å². The molecule has 0 aliphatic heterocycles. The zero-order valence-electron chi connectivity index (χ0n) is 11.2. The van der Waals surface area contributed by atoms with E-state index in [1.54, 1.807) is 11.3 Å². The molecule has 0 bridgehead atoms. The van der Waals surface area contributed by atoms with E-state index in [0.29, 0.717) is 5.75 Å². The Kier molecular flexibility index (Phi) is 4.58. The molecule has 3 N–H and O–H groups in total. The number of benzene rings is 1. The Bertz CT molecular complexity index is 514. The fourth-order valence-corrected chi connectivity index (χ4v) is 2.77. The predicted octanol–water partition coefficient (Wildman–Crippen LogP) is 2.89. The van der Waals surface area contributed by atoms with Gasteiger partial charge in [-0.05, 0) is 42.0 Å². The molecule has 3 nitrogen and oxygen atoms in total. The van der Waals surface area contributed by atoms with Crippen LogP contribution >= 0.6 is 11.3 Å². The van der Waals surface area contributed by atoms with Crippen molar-refractivity contribution < 1.29 is 10.2 Å². The Balaban J connectivity index is 2.13. The summed E-state index contributed by atoms with van der Waals surface area (Å²) in [7, 11) is 0. The molecule has 1 unspecified atom stereocenters. The number of aryl methyl sites for hydroxylation is 2. The van der Waals surface area contributed by atoms with E-state index in [-0.39, 0.29) is 12.6 Å². The third-order valence-electron chi connectivity index (χ3n) is 3.20. The van der Waals surface area contributed by atoms with E-state index in [9.17, 15) is 10.2 Å². The maximum absolute atomic E-state index is 9.78. The van der Waals surface area contributed by atoms with E-state index >= 15 is 0 Å². The SMILES string of the molecule is Cc1cc(C(CO)NCc2cccs2)cc(C)c1O. The van der Waals surface area contributed by atoms with E-state index < -0.39 is 0 Å². The van der Waals surface area contributed by atoms with Crippen LogP contribution in [-0.4, -0.2) is 16.8 Å². The molecule has 1 atom stereocenters. The van der Waals surface area contributed by atoms with Crippen LogP contribution in [0.1, 0.15) is 27.6 Å². The van der Waals surface area contributed by atoms with Crippen molar-refractivity contribution in [2.75, 3.05) is 6.61 Å². The van der Waals surface area contributed by atoms with E-state index in [4.69, 9.17) is 0 Å². The summed E-state index contributed by atoms with van der Waals surface area (Å²) >= 11 is 1.70. The van der Waals surface area contributed by atoms with Crippen molar-refractivity contribution in [1.82, 2.24) is 5.32 Å². The summed E-state index contributed by atoms with van der Waals surface area (Å²) in [6.07, 6.45) is 0. The summed E-state index contributed by atoms with van der Waals surface area (Å²) in [5, 5.41) is 24.7. The fourth-order valence-electron chi connectivity index (χ4n) is 2.12. The van der Waals surface area contributed by atoms with Gasteiger partial charge in [-0.1, -0.05) is 18.2 Å². The van der Waals surface area contributed by atoms with E-state index in [2.05, 4.69) is 11.4 Å². The number of phenolic OH excluding ortho intramolecular Hbond substituents is 1. The summed E-state index contributed by atoms with van der Waals surface area (Å²) in [5.41, 5.74) is 2.68. The second kappa shape index (κ2) is 6.19. The minimum absolute atomic E-state index is 0.0367. The number of phenols is 1. The molecule has 0 aliphatic carbocycles. The zero-order chi connectivity index (χ0) is 13.8. The highest BCUT2D eigenvalue weighted by Crippen LogP contribution is 2.26. The molecule has 0 radical (unpaired) electrons. The summed E-state index contributed by atoms with van der Waals surface area (Å²) in [6, 6.07) is 7.82. The van der Waals surface area contributed by atoms with Gasteiger partial charge in [0.05, 0.1) is 12.6 Å². The number of aliphatic hydroxyl groups excluding tert-OH is 1. The van der Waals surface area contributed by atoms with Crippen LogP contribution in [0.3, 0.4) is 0 Å². The molecule has 0 fully saturated rings. The van der Waals surface area contributed by atoms with Crippen molar-refractivity contribution in [2.24, 2.45) is 0 Å². The van der Waals surface area contributed by atoms with Crippen molar-refractivity contribution in [3.63, 3.8) is 0 Å². The first-order valence-electron chi connectivity index (χ1n) is 6.28. The number of aromatic hydroxyl groups is 1. The highest BCUT2D eigenvalue weighted by atomic mass is 32.1. The zero-order valence-corrected chi connectivity index (χ0v) is 12.0. The Labute approximate surface area is 117 Å². The molecule has 2 aromatic rings. The Hall–Kier alpha value is -1.36. The largest absolute Gasteiger partial charge is 0.507 e. The molecule has 1 heterocycles. The van der Waals surface area contributed by atoms with Crippen molar-refractivity contribution in [3.8, 4) is 5.75 Å². The van der Waals surface area contributed by atoms with Gasteiger partial charge in [-0.15, -0.1) is 11.3 Å². The molecule has 0 aliphatic rings. The number of thiophene rings is 1. The van der Waals surface area contributed by atoms with E-state index in [1.807, 2.05) is 37.4 Å². The number of nitrogens with one attached hydrogen (secondary N) is 1. The molecule has 4 heteroatoms. The van der Waals surface area contributed by atoms with Crippen LogP contribution < -0.4 is 5.32 Å². The Morgan fingerprint density at radius 1 is 1.26 bits per heavy atom. The van der Waals surface area contributed by atoms with Crippen molar-refractivity contribution >= 4 is 11.3 Å². The molecular formula is C15H19NO2S. The number of hydrogen-bond acceptors (Lipinski definition) is 4. The Morgan fingerprint density at radius 2 is 1.95 bits per heavy atom. The lowest BCUT2D eigenvalue weighted by Crippen LogP contribution is -2.23. The molecule has 0 saturated carbocycles. The molecule has 1 aromatic heterocycles. The highest BCUT2D eigenvalue weighted by Gasteiger charge is 2.13. The van der Waals surface area contributed by atoms with Crippen LogP contribution in [0.15, 0.2) is 29.6 Å². The minimum Gasteiger partial charge on any atom is -0.507 e. The topological polar surface area (TPSA) is 52.5 Å². The summed E-state index contributed by atoms with van der Waals surface area (Å²) in [4.78, 5) is 1.24. The van der Waals surface area contributed by atoms with Gasteiger partial charge >= 0.3 is 0 Å². The van der Waals surface area contributed by atoms with Crippen LogP contribution in [-0.2, 0) is 6.54 Å². The lowest BCUT2D eigenvalue weighted by atomic mass is 10.0. The molecule has 102 valence electrons. The number of aliphatic hydroxyl groups is 1. The lowest BCUT2D eigenvalue weighted by molar-refractivity contribution is 0.244. The summed E-state index contributed by atoms with van der Waals surface area (Å²) < 4.78 is 0. The maximum Gasteiger partial charge on any atom is 0.121 e. The smallest absolute Gasteiger partial charge is 0.121 e. The average molecular weight is 277 g/mol.